The predicted octanol–water partition coefficient (Wildman–Crippen LogP) is 8.03. The van der Waals surface area contributed by atoms with E-state index in [1.54, 1.807) is 17.8 Å². The summed E-state index contributed by atoms with van der Waals surface area (Å²) in [6, 6.07) is 8.30. The van der Waals surface area contributed by atoms with Crippen molar-refractivity contribution in [3.63, 3.8) is 0 Å². The van der Waals surface area contributed by atoms with Gasteiger partial charge in [-0.1, -0.05) is 98.2 Å². The Morgan fingerprint density at radius 2 is 2.00 bits per heavy atom. The Bertz CT molecular complexity index is 943. The number of carbonyl (C=O) groups is 1. The number of allylic oxidation sites excluding steroid dienone is 7. The van der Waals surface area contributed by atoms with E-state index in [2.05, 4.69) is 67.4 Å². The Kier molecular flexibility index (Phi) is 14.6. The number of benzene rings is 1. The molecule has 0 bridgehead atoms. The van der Waals surface area contributed by atoms with Crippen molar-refractivity contribution in [2.75, 3.05) is 13.6 Å². The van der Waals surface area contributed by atoms with Crippen molar-refractivity contribution in [2.24, 2.45) is 10.9 Å². The van der Waals surface area contributed by atoms with Crippen LogP contribution >= 0.6 is 35.0 Å². The molecule has 0 saturated heterocycles. The van der Waals surface area contributed by atoms with E-state index >= 15 is 0 Å². The van der Waals surface area contributed by atoms with E-state index < -0.39 is 0 Å². The lowest BCUT2D eigenvalue weighted by Gasteiger charge is -2.11. The van der Waals surface area contributed by atoms with Crippen LogP contribution in [0.1, 0.15) is 45.6 Å². The molecule has 0 saturated carbocycles. The zero-order valence-electron chi connectivity index (χ0n) is 19.9. The van der Waals surface area contributed by atoms with Crippen LogP contribution in [0.15, 0.2) is 92.2 Å². The Morgan fingerprint density at radius 1 is 1.27 bits per heavy atom. The highest BCUT2D eigenvalue weighted by Gasteiger charge is 2.13. The van der Waals surface area contributed by atoms with E-state index in [0.29, 0.717) is 28.8 Å². The van der Waals surface area contributed by atoms with Crippen molar-refractivity contribution in [3.8, 4) is 0 Å². The second kappa shape index (κ2) is 16.6. The summed E-state index contributed by atoms with van der Waals surface area (Å²) in [6.07, 6.45) is 11.7. The van der Waals surface area contributed by atoms with Crippen molar-refractivity contribution < 1.29 is 4.79 Å². The van der Waals surface area contributed by atoms with Gasteiger partial charge >= 0.3 is 0 Å². The molecule has 6 heteroatoms. The summed E-state index contributed by atoms with van der Waals surface area (Å²) in [5, 5.41) is 6.14. The van der Waals surface area contributed by atoms with Gasteiger partial charge in [0.15, 0.2) is 0 Å². The molecule has 0 spiro atoms. The zero-order valence-corrected chi connectivity index (χ0v) is 22.2. The lowest BCUT2D eigenvalue weighted by atomic mass is 10.0. The molecule has 178 valence electrons. The van der Waals surface area contributed by atoms with Gasteiger partial charge in [0, 0.05) is 41.9 Å². The highest BCUT2D eigenvalue weighted by Crippen LogP contribution is 2.29. The van der Waals surface area contributed by atoms with Crippen LogP contribution in [0.3, 0.4) is 0 Å². The van der Waals surface area contributed by atoms with E-state index in [4.69, 9.17) is 23.2 Å². The molecule has 0 fully saturated rings. The third kappa shape index (κ3) is 11.1. The van der Waals surface area contributed by atoms with Gasteiger partial charge in [-0.25, -0.2) is 0 Å². The molecule has 1 amide bonds. The summed E-state index contributed by atoms with van der Waals surface area (Å²) >= 11 is 14.0. The summed E-state index contributed by atoms with van der Waals surface area (Å²) < 4.78 is 0. The number of amides is 1. The third-order valence-corrected chi connectivity index (χ3v) is 6.12. The summed E-state index contributed by atoms with van der Waals surface area (Å²) in [5.74, 6) is 0.581. The molecule has 0 atom stereocenters. The van der Waals surface area contributed by atoms with E-state index in [1.807, 2.05) is 31.3 Å². The Hall–Kier alpha value is -2.01. The molecule has 0 aromatic heterocycles. The van der Waals surface area contributed by atoms with Gasteiger partial charge in [-0.3, -0.25) is 9.79 Å². The molecule has 3 nitrogen and oxygen atoms in total. The average Bonchev–Trinajstić information content (AvgIpc) is 2.96. The Morgan fingerprint density at radius 3 is 2.64 bits per heavy atom. The first-order chi connectivity index (χ1) is 15.8. The first-order valence-electron chi connectivity index (χ1n) is 11.0. The third-order valence-electron chi connectivity index (χ3n) is 4.37. The molecule has 1 aliphatic rings. The Labute approximate surface area is 213 Å². The van der Waals surface area contributed by atoms with Crippen molar-refractivity contribution >= 4 is 46.6 Å². The minimum absolute atomic E-state index is 0.0590. The summed E-state index contributed by atoms with van der Waals surface area (Å²) in [4.78, 5) is 16.5. The number of aliphatic imine (C=N–C) groups is 1. The van der Waals surface area contributed by atoms with Gasteiger partial charge in [-0.2, -0.15) is 0 Å². The number of rotatable bonds is 9. The molecule has 0 heterocycles. The normalized spacial score (nSPS) is 14.0. The second-order valence-corrected chi connectivity index (χ2v) is 9.42. The number of carbonyl (C=O) groups excluding carboxylic acids is 1. The van der Waals surface area contributed by atoms with Gasteiger partial charge in [0.25, 0.3) is 0 Å². The maximum Gasteiger partial charge on any atom is 0.223 e. The lowest BCUT2D eigenvalue weighted by Crippen LogP contribution is -2.26. The van der Waals surface area contributed by atoms with Gasteiger partial charge in [0.05, 0.1) is 10.7 Å². The predicted molar refractivity (Wildman–Crippen MR) is 147 cm³/mol. The standard InChI is InChI=1S/C19H19Cl2NS.C8H15NO/c1-3-4-13-23-18-8-6-5-7-15(18)19(22-2)14-9-11-16(20)17(21)12-10-14;1-4-5-8(10)9-6-7(2)3/h4-11,13H,3,12H2,1-2H3;4,7H,1,5-6H2,2-3H3,(H,9,10)/b13-4+,22-19?;. The number of hydrogen-bond acceptors (Lipinski definition) is 3. The van der Waals surface area contributed by atoms with Gasteiger partial charge in [-0.15, -0.1) is 6.58 Å². The fourth-order valence-corrected chi connectivity index (χ4v) is 3.87. The summed E-state index contributed by atoms with van der Waals surface area (Å²) in [5.41, 5.74) is 3.10. The molecule has 0 radical (unpaired) electrons. The maximum absolute atomic E-state index is 10.8. The van der Waals surface area contributed by atoms with E-state index in [-0.39, 0.29) is 5.91 Å². The number of nitrogens with one attached hydrogen (secondary N) is 1. The first-order valence-corrected chi connectivity index (χ1v) is 12.7. The number of nitrogens with zero attached hydrogens (tertiary/aromatic N) is 1. The minimum Gasteiger partial charge on any atom is -0.356 e. The first kappa shape index (κ1) is 29.0. The van der Waals surface area contributed by atoms with Gasteiger partial charge in [-0.05, 0) is 35.5 Å². The van der Waals surface area contributed by atoms with Crippen LogP contribution in [0.25, 0.3) is 0 Å². The highest BCUT2D eigenvalue weighted by atomic mass is 35.5. The zero-order chi connectivity index (χ0) is 24.6. The summed E-state index contributed by atoms with van der Waals surface area (Å²) in [6.45, 7) is 10.5. The van der Waals surface area contributed by atoms with E-state index in [9.17, 15) is 4.79 Å². The fraction of sp³-hybridized carbons (Fsp3) is 0.333. The van der Waals surface area contributed by atoms with E-state index in [1.165, 1.54) is 4.90 Å². The highest BCUT2D eigenvalue weighted by molar-refractivity contribution is 8.02. The summed E-state index contributed by atoms with van der Waals surface area (Å²) in [7, 11) is 1.81. The fourth-order valence-electron chi connectivity index (χ4n) is 2.70. The van der Waals surface area contributed by atoms with Crippen molar-refractivity contribution in [1.29, 1.82) is 0 Å². The lowest BCUT2D eigenvalue weighted by molar-refractivity contribution is -0.120. The van der Waals surface area contributed by atoms with Crippen LogP contribution in [0.5, 0.6) is 0 Å². The minimum atomic E-state index is 0.0590. The SMILES string of the molecule is C=CCC(=O)NCC(C)C.CC/C=C/Sc1ccccc1C(=NC)C1=CCC(Cl)=C(Cl)C=C1. The number of thioether (sulfide) groups is 1. The molecule has 1 aromatic carbocycles. The van der Waals surface area contributed by atoms with Crippen LogP contribution < -0.4 is 5.32 Å². The van der Waals surface area contributed by atoms with Crippen LogP contribution in [0.2, 0.25) is 0 Å². The molecule has 0 unspecified atom stereocenters. The van der Waals surface area contributed by atoms with Crippen LogP contribution in [0.4, 0.5) is 0 Å². The monoisotopic (exact) mass is 504 g/mol. The maximum atomic E-state index is 10.8. The molecule has 0 aliphatic heterocycles. The molecular formula is C27H34Cl2N2OS. The molecule has 2 rings (SSSR count). The molecule has 33 heavy (non-hydrogen) atoms. The number of hydrogen-bond donors (Lipinski definition) is 1. The van der Waals surface area contributed by atoms with Crippen molar-refractivity contribution in [1.82, 2.24) is 5.32 Å². The largest absolute Gasteiger partial charge is 0.356 e. The van der Waals surface area contributed by atoms with Crippen LogP contribution in [-0.2, 0) is 4.79 Å². The molecule has 1 N–H and O–H groups in total. The van der Waals surface area contributed by atoms with Gasteiger partial charge < -0.3 is 5.32 Å². The van der Waals surface area contributed by atoms with Gasteiger partial charge in [0.1, 0.15) is 0 Å². The van der Waals surface area contributed by atoms with E-state index in [0.717, 1.165) is 29.8 Å². The Balaban J connectivity index is 0.000000461. The quantitative estimate of drug-likeness (QED) is 0.210. The number of halogens is 2. The van der Waals surface area contributed by atoms with Crippen molar-refractivity contribution in [3.05, 3.63) is 87.8 Å². The molecular weight excluding hydrogens is 471 g/mol. The molecule has 1 aromatic rings. The van der Waals surface area contributed by atoms with Crippen LogP contribution in [-0.4, -0.2) is 25.2 Å². The van der Waals surface area contributed by atoms with Gasteiger partial charge in [0.2, 0.25) is 5.91 Å². The van der Waals surface area contributed by atoms with Crippen LogP contribution in [0, 0.1) is 5.92 Å². The molecule has 1 aliphatic carbocycles. The smallest absolute Gasteiger partial charge is 0.223 e. The average molecular weight is 506 g/mol. The van der Waals surface area contributed by atoms with Crippen molar-refractivity contribution in [2.45, 2.75) is 44.9 Å². The topological polar surface area (TPSA) is 41.5 Å². The second-order valence-electron chi connectivity index (χ2n) is 7.61.